The molecule has 0 aliphatic heterocycles. The summed E-state index contributed by atoms with van der Waals surface area (Å²) in [5.41, 5.74) is 0. The molecule has 3 aliphatic carbocycles. The smallest absolute Gasteiger partial charge is 0.0179 e. The Hall–Kier alpha value is 0.480. The van der Waals surface area contributed by atoms with Gasteiger partial charge in [-0.15, -0.1) is 0 Å². The number of rotatable bonds is 0. The maximum Gasteiger partial charge on any atom is 0.0179 e. The van der Waals surface area contributed by atoms with Crippen molar-refractivity contribution in [1.29, 1.82) is 0 Å². The van der Waals surface area contributed by atoms with Gasteiger partial charge in [0.2, 0.25) is 0 Å². The third-order valence-corrected chi connectivity index (χ3v) is 5.41. The van der Waals surface area contributed by atoms with E-state index >= 15 is 0 Å². The van der Waals surface area contributed by atoms with E-state index in [-0.39, 0.29) is 0 Å². The molecule has 0 heterocycles. The highest BCUT2D eigenvalue weighted by Gasteiger charge is 2.49. The van der Waals surface area contributed by atoms with Crippen LogP contribution < -0.4 is 0 Å². The van der Waals surface area contributed by atoms with Crippen LogP contribution in [-0.4, -0.2) is 4.83 Å². The Kier molecular flexibility index (Phi) is 1.42. The molecule has 0 radical (unpaired) electrons. The zero-order valence-corrected chi connectivity index (χ0v) is 8.39. The highest BCUT2D eigenvalue weighted by Crippen LogP contribution is 2.57. The molecule has 0 N–H and O–H groups in total. The van der Waals surface area contributed by atoms with Crippen molar-refractivity contribution < 1.29 is 0 Å². The van der Waals surface area contributed by atoms with Crippen LogP contribution in [0.1, 0.15) is 32.1 Å². The average molecular weight is 215 g/mol. The maximum atomic E-state index is 3.85. The zero-order chi connectivity index (χ0) is 7.42. The van der Waals surface area contributed by atoms with Crippen LogP contribution in [0.25, 0.3) is 0 Å². The average Bonchev–Trinajstić information content (AvgIpc) is 2.49. The van der Waals surface area contributed by atoms with E-state index in [1.807, 2.05) is 0 Å². The molecule has 0 saturated heterocycles. The summed E-state index contributed by atoms with van der Waals surface area (Å²) >= 11 is 3.85. The van der Waals surface area contributed by atoms with E-state index in [1.165, 1.54) is 6.42 Å². The molecule has 62 valence electrons. The molecule has 0 aromatic rings. The Bertz CT molecular complexity index is 178. The molecule has 4 bridgehead atoms. The van der Waals surface area contributed by atoms with Gasteiger partial charge in [0.1, 0.15) is 0 Å². The standard InChI is InChI=1S/C10H15Br/c11-10-5-8-4-9(10)7-2-1-6(8)3-7/h6-10H,1-5H2/t6-,7+,8+,9+,10?/m1/s1. The molecule has 3 rings (SSSR count). The third-order valence-electron chi connectivity index (χ3n) is 4.35. The lowest BCUT2D eigenvalue weighted by Gasteiger charge is -2.26. The predicted molar refractivity (Wildman–Crippen MR) is 49.8 cm³/mol. The van der Waals surface area contributed by atoms with Gasteiger partial charge < -0.3 is 0 Å². The Morgan fingerprint density at radius 3 is 2.55 bits per heavy atom. The first-order valence-corrected chi connectivity index (χ1v) is 5.90. The maximum absolute atomic E-state index is 3.85. The van der Waals surface area contributed by atoms with Gasteiger partial charge in [-0.1, -0.05) is 15.9 Å². The van der Waals surface area contributed by atoms with Crippen LogP contribution in [0.5, 0.6) is 0 Å². The van der Waals surface area contributed by atoms with Crippen molar-refractivity contribution in [2.24, 2.45) is 23.7 Å². The van der Waals surface area contributed by atoms with Gasteiger partial charge in [-0.05, 0) is 55.8 Å². The van der Waals surface area contributed by atoms with Crippen LogP contribution in [0.15, 0.2) is 0 Å². The Morgan fingerprint density at radius 1 is 0.818 bits per heavy atom. The quantitative estimate of drug-likeness (QED) is 0.544. The summed E-state index contributed by atoms with van der Waals surface area (Å²) in [6.07, 6.45) is 7.74. The van der Waals surface area contributed by atoms with Crippen LogP contribution in [0, 0.1) is 23.7 Å². The van der Waals surface area contributed by atoms with E-state index in [9.17, 15) is 0 Å². The fourth-order valence-corrected chi connectivity index (χ4v) is 4.93. The lowest BCUT2D eigenvalue weighted by Crippen LogP contribution is -2.19. The van der Waals surface area contributed by atoms with E-state index in [0.717, 1.165) is 28.5 Å². The summed E-state index contributed by atoms with van der Waals surface area (Å²) in [7, 11) is 0. The molecule has 0 amide bonds. The third kappa shape index (κ3) is 0.867. The lowest BCUT2D eigenvalue weighted by molar-refractivity contribution is 0.245. The van der Waals surface area contributed by atoms with Crippen LogP contribution in [0.3, 0.4) is 0 Å². The molecule has 0 aromatic heterocycles. The summed E-state index contributed by atoms with van der Waals surface area (Å²) in [6.45, 7) is 0. The van der Waals surface area contributed by atoms with E-state index < -0.39 is 0 Å². The van der Waals surface area contributed by atoms with E-state index in [4.69, 9.17) is 0 Å². The lowest BCUT2D eigenvalue weighted by atomic mass is 9.80. The normalized spacial score (nSPS) is 60.3. The van der Waals surface area contributed by atoms with Crippen molar-refractivity contribution in [1.82, 2.24) is 0 Å². The minimum atomic E-state index is 0.891. The van der Waals surface area contributed by atoms with Crippen molar-refractivity contribution in [3.63, 3.8) is 0 Å². The number of hydrogen-bond donors (Lipinski definition) is 0. The topological polar surface area (TPSA) is 0 Å². The fraction of sp³-hybridized carbons (Fsp3) is 1.00. The fourth-order valence-electron chi connectivity index (χ4n) is 3.80. The minimum absolute atomic E-state index is 0.891. The van der Waals surface area contributed by atoms with Gasteiger partial charge in [0.15, 0.2) is 0 Å². The van der Waals surface area contributed by atoms with Gasteiger partial charge in [-0.25, -0.2) is 0 Å². The second kappa shape index (κ2) is 2.25. The van der Waals surface area contributed by atoms with Crippen LogP contribution in [0.2, 0.25) is 0 Å². The summed E-state index contributed by atoms with van der Waals surface area (Å²) in [6, 6.07) is 0. The summed E-state index contributed by atoms with van der Waals surface area (Å²) in [5.74, 6) is 4.43. The van der Waals surface area contributed by atoms with E-state index in [0.29, 0.717) is 0 Å². The van der Waals surface area contributed by atoms with Crippen molar-refractivity contribution in [2.45, 2.75) is 36.9 Å². The van der Waals surface area contributed by atoms with Gasteiger partial charge in [0, 0.05) is 4.83 Å². The minimum Gasteiger partial charge on any atom is -0.0887 e. The van der Waals surface area contributed by atoms with Gasteiger partial charge in [0.05, 0.1) is 0 Å². The first-order valence-electron chi connectivity index (χ1n) is 4.98. The largest absolute Gasteiger partial charge is 0.0887 e. The van der Waals surface area contributed by atoms with Gasteiger partial charge in [-0.2, -0.15) is 0 Å². The molecular weight excluding hydrogens is 200 g/mol. The van der Waals surface area contributed by atoms with Crippen molar-refractivity contribution in [2.75, 3.05) is 0 Å². The molecule has 1 unspecified atom stereocenters. The zero-order valence-electron chi connectivity index (χ0n) is 6.80. The van der Waals surface area contributed by atoms with Crippen LogP contribution >= 0.6 is 15.9 Å². The molecule has 3 fully saturated rings. The molecule has 0 spiro atoms. The Labute approximate surface area is 76.9 Å². The first-order chi connectivity index (χ1) is 5.34. The second-order valence-electron chi connectivity index (χ2n) is 4.74. The summed E-state index contributed by atoms with van der Waals surface area (Å²) < 4.78 is 0. The SMILES string of the molecule is BrC1C[C@@H]2C[C@H]1[C@H]1CC[C@@H]2C1. The molecule has 0 nitrogen and oxygen atoms in total. The second-order valence-corrected chi connectivity index (χ2v) is 5.92. The molecular formula is C10H15Br. The van der Waals surface area contributed by atoms with E-state index in [1.54, 1.807) is 25.7 Å². The predicted octanol–water partition coefficient (Wildman–Crippen LogP) is 3.21. The Morgan fingerprint density at radius 2 is 1.64 bits per heavy atom. The molecule has 0 aromatic carbocycles. The highest BCUT2D eigenvalue weighted by molar-refractivity contribution is 9.09. The van der Waals surface area contributed by atoms with Crippen molar-refractivity contribution >= 4 is 15.9 Å². The van der Waals surface area contributed by atoms with Gasteiger partial charge in [-0.3, -0.25) is 0 Å². The number of alkyl halides is 1. The van der Waals surface area contributed by atoms with Crippen LogP contribution in [0.4, 0.5) is 0 Å². The first kappa shape index (κ1) is 6.94. The van der Waals surface area contributed by atoms with Crippen molar-refractivity contribution in [3.8, 4) is 0 Å². The molecule has 3 aliphatic rings. The van der Waals surface area contributed by atoms with Gasteiger partial charge >= 0.3 is 0 Å². The summed E-state index contributed by atoms with van der Waals surface area (Å²) in [5, 5.41) is 0. The van der Waals surface area contributed by atoms with E-state index in [2.05, 4.69) is 15.9 Å². The molecule has 1 heteroatoms. The molecule has 11 heavy (non-hydrogen) atoms. The number of halogens is 1. The van der Waals surface area contributed by atoms with Crippen LogP contribution in [-0.2, 0) is 0 Å². The summed E-state index contributed by atoms with van der Waals surface area (Å²) in [4.78, 5) is 0.891. The highest BCUT2D eigenvalue weighted by atomic mass is 79.9. The van der Waals surface area contributed by atoms with Gasteiger partial charge in [0.25, 0.3) is 0 Å². The molecule has 3 saturated carbocycles. The number of hydrogen-bond acceptors (Lipinski definition) is 0. The molecule has 5 atom stereocenters. The number of fused-ring (bicyclic) bond motifs is 6. The monoisotopic (exact) mass is 214 g/mol. The van der Waals surface area contributed by atoms with Crippen molar-refractivity contribution in [3.05, 3.63) is 0 Å². The Balaban J connectivity index is 1.93.